The van der Waals surface area contributed by atoms with Crippen LogP contribution in [0.4, 0.5) is 0 Å². The van der Waals surface area contributed by atoms with Crippen molar-refractivity contribution in [3.63, 3.8) is 0 Å². The van der Waals surface area contributed by atoms with Crippen LogP contribution in [0, 0.1) is 0 Å². The van der Waals surface area contributed by atoms with E-state index in [1.54, 1.807) is 17.8 Å². The molecule has 0 unspecified atom stereocenters. The van der Waals surface area contributed by atoms with E-state index in [0.717, 1.165) is 14.7 Å². The largest absolute Gasteiger partial charge is 1.00 e. The van der Waals surface area contributed by atoms with E-state index < -0.39 is 0 Å². The van der Waals surface area contributed by atoms with E-state index in [4.69, 9.17) is 4.42 Å². The summed E-state index contributed by atoms with van der Waals surface area (Å²) in [6.07, 6.45) is 3.24. The molecule has 3 rings (SSSR count). The minimum atomic E-state index is -0.176. The maximum atomic E-state index is 12.7. The van der Waals surface area contributed by atoms with Crippen molar-refractivity contribution in [2.45, 2.75) is 16.2 Å². The van der Waals surface area contributed by atoms with Gasteiger partial charge >= 0.3 is 0 Å². The molecule has 0 atom stereocenters. The Morgan fingerprint density at radius 1 is 1.17 bits per heavy atom. The molecule has 0 fully saturated rings. The fourth-order valence-corrected chi connectivity index (χ4v) is 3.47. The topological polar surface area (TPSA) is 76.1 Å². The number of carbonyl (C=O) groups is 1. The third kappa shape index (κ3) is 6.45. The summed E-state index contributed by atoms with van der Waals surface area (Å²) < 4.78 is 5.67. The maximum absolute atomic E-state index is 12.7. The zero-order valence-corrected chi connectivity index (χ0v) is 17.7. The average Bonchev–Trinajstić information content (AvgIpc) is 2.67. The van der Waals surface area contributed by atoms with Crippen molar-refractivity contribution in [3.8, 4) is 0 Å². The summed E-state index contributed by atoms with van der Waals surface area (Å²) in [5.41, 5.74) is 3.40. The monoisotopic (exact) mass is 431 g/mol. The molecule has 0 aliphatic carbocycles. The summed E-state index contributed by atoms with van der Waals surface area (Å²) in [5, 5.41) is 4.41. The van der Waals surface area contributed by atoms with E-state index in [-0.39, 0.29) is 30.2 Å². The number of halogens is 1. The van der Waals surface area contributed by atoms with Gasteiger partial charge in [-0.05, 0) is 30.3 Å². The normalized spacial score (nSPS) is 11.0. The van der Waals surface area contributed by atoms with Gasteiger partial charge in [0.1, 0.15) is 5.58 Å². The number of hydrogen-bond acceptors (Lipinski definition) is 5. The molecule has 0 saturated carbocycles. The van der Waals surface area contributed by atoms with Crippen LogP contribution in [0.3, 0.4) is 0 Å². The fraction of sp³-hybridized carbons (Fsp3) is 0.190. The molecule has 2 aromatic carbocycles. The molecule has 29 heavy (non-hydrogen) atoms. The number of rotatable bonds is 7. The Bertz CT molecular complexity index is 1050. The number of hydrazone groups is 1. The predicted octanol–water partition coefficient (Wildman–Crippen LogP) is -1.26. The highest BCUT2D eigenvalue weighted by Gasteiger charge is 2.08. The Morgan fingerprint density at radius 2 is 1.93 bits per heavy atom. The van der Waals surface area contributed by atoms with Crippen molar-refractivity contribution in [2.24, 2.45) is 5.10 Å². The van der Waals surface area contributed by atoms with Crippen molar-refractivity contribution in [1.82, 2.24) is 5.43 Å². The Hall–Kier alpha value is -2.61. The Kier molecular flexibility index (Phi) is 8.45. The van der Waals surface area contributed by atoms with E-state index in [1.807, 2.05) is 56.6 Å². The van der Waals surface area contributed by atoms with Crippen LogP contribution in [0.15, 0.2) is 78.9 Å². The van der Waals surface area contributed by atoms with Gasteiger partial charge in [0.25, 0.3) is 5.91 Å². The smallest absolute Gasteiger partial charge is 0.295 e. The van der Waals surface area contributed by atoms with E-state index in [2.05, 4.69) is 10.5 Å². The van der Waals surface area contributed by atoms with Gasteiger partial charge in [0, 0.05) is 28.0 Å². The predicted molar refractivity (Wildman–Crippen MR) is 111 cm³/mol. The third-order valence-electron chi connectivity index (χ3n) is 3.90. The van der Waals surface area contributed by atoms with Gasteiger partial charge in [-0.15, -0.1) is 0 Å². The SMILES string of the molecule is C[NH+](C)CC(=O)NN=CCc1coc2cc(Sc3ccccc3)ccc2c1=O.[Cl-]. The summed E-state index contributed by atoms with van der Waals surface area (Å²) in [6, 6.07) is 15.6. The fourth-order valence-electron chi connectivity index (χ4n) is 2.60. The lowest BCUT2D eigenvalue weighted by atomic mass is 10.1. The second-order valence-corrected chi connectivity index (χ2v) is 7.74. The standard InChI is InChI=1S/C21H21N3O3S.ClH/c1-24(2)13-20(25)23-22-11-10-15-14-27-19-12-17(8-9-18(19)21(15)26)28-16-6-4-3-5-7-16;/h3-9,11-12,14H,10,13H2,1-2H3,(H,23,25);1H. The molecule has 0 saturated heterocycles. The van der Waals surface area contributed by atoms with Gasteiger partial charge in [-0.3, -0.25) is 9.59 Å². The highest BCUT2D eigenvalue weighted by molar-refractivity contribution is 7.99. The highest BCUT2D eigenvalue weighted by Crippen LogP contribution is 2.29. The number of carbonyl (C=O) groups excluding carboxylic acids is 1. The summed E-state index contributed by atoms with van der Waals surface area (Å²) >= 11 is 1.61. The lowest BCUT2D eigenvalue weighted by Gasteiger charge is -2.05. The molecule has 152 valence electrons. The van der Waals surface area contributed by atoms with E-state index in [1.165, 1.54) is 12.5 Å². The lowest BCUT2D eigenvalue weighted by molar-refractivity contribution is -0.849. The van der Waals surface area contributed by atoms with E-state index in [9.17, 15) is 9.59 Å². The first kappa shape index (κ1) is 22.7. The summed E-state index contributed by atoms with van der Waals surface area (Å²) in [5.74, 6) is -0.176. The van der Waals surface area contributed by atoms with Gasteiger partial charge in [-0.2, -0.15) is 5.10 Å². The zero-order valence-electron chi connectivity index (χ0n) is 16.1. The third-order valence-corrected chi connectivity index (χ3v) is 4.90. The van der Waals surface area contributed by atoms with Crippen molar-refractivity contribution >= 4 is 34.9 Å². The van der Waals surface area contributed by atoms with E-state index >= 15 is 0 Å². The molecule has 2 N–H and O–H groups in total. The molecule has 0 aliphatic rings. The molecule has 0 bridgehead atoms. The number of benzene rings is 2. The van der Waals surface area contributed by atoms with Crippen molar-refractivity contribution in [3.05, 3.63) is 70.6 Å². The van der Waals surface area contributed by atoms with Gasteiger partial charge in [0.2, 0.25) is 0 Å². The number of nitrogens with one attached hydrogen (secondary N) is 2. The van der Waals surface area contributed by atoms with Gasteiger partial charge in [-0.1, -0.05) is 30.0 Å². The first-order valence-electron chi connectivity index (χ1n) is 8.89. The Morgan fingerprint density at radius 3 is 2.66 bits per heavy atom. The molecular formula is C21H22ClN3O3S. The number of fused-ring (bicyclic) bond motifs is 1. The van der Waals surface area contributed by atoms with Crippen molar-refractivity contribution in [1.29, 1.82) is 0 Å². The van der Waals surface area contributed by atoms with Crippen LogP contribution in [0.5, 0.6) is 0 Å². The van der Waals surface area contributed by atoms with Crippen molar-refractivity contribution < 1.29 is 26.5 Å². The Balaban J connectivity index is 0.00000300. The van der Waals surface area contributed by atoms with Crippen LogP contribution < -0.4 is 28.2 Å². The van der Waals surface area contributed by atoms with Crippen LogP contribution >= 0.6 is 11.8 Å². The number of likely N-dealkylation sites (N-methyl/N-ethyl adjacent to an activating group) is 1. The minimum Gasteiger partial charge on any atom is -1.00 e. The second kappa shape index (κ2) is 10.8. The number of amides is 1. The number of hydrogen-bond donors (Lipinski definition) is 2. The summed E-state index contributed by atoms with van der Waals surface area (Å²) in [4.78, 5) is 27.3. The molecule has 6 nitrogen and oxygen atoms in total. The second-order valence-electron chi connectivity index (χ2n) is 6.60. The first-order chi connectivity index (χ1) is 13.5. The first-order valence-corrected chi connectivity index (χ1v) is 9.71. The van der Waals surface area contributed by atoms with E-state index in [0.29, 0.717) is 23.1 Å². The molecular weight excluding hydrogens is 410 g/mol. The molecule has 8 heteroatoms. The lowest BCUT2D eigenvalue weighted by Crippen LogP contribution is -3.07. The highest BCUT2D eigenvalue weighted by atomic mass is 35.5. The molecule has 0 radical (unpaired) electrons. The molecule has 1 amide bonds. The van der Waals surface area contributed by atoms with Crippen LogP contribution in [0.1, 0.15) is 5.56 Å². The van der Waals surface area contributed by atoms with Crippen LogP contribution in [0.25, 0.3) is 11.0 Å². The zero-order chi connectivity index (χ0) is 19.9. The maximum Gasteiger partial charge on any atom is 0.295 e. The Labute approximate surface area is 179 Å². The quantitative estimate of drug-likeness (QED) is 0.361. The molecule has 3 aromatic rings. The number of quaternary nitrogens is 1. The molecule has 0 aliphatic heterocycles. The minimum absolute atomic E-state index is 0. The summed E-state index contributed by atoms with van der Waals surface area (Å²) in [6.45, 7) is 0.332. The van der Waals surface area contributed by atoms with Gasteiger partial charge in [0.15, 0.2) is 12.0 Å². The van der Waals surface area contributed by atoms with Crippen molar-refractivity contribution in [2.75, 3.05) is 20.6 Å². The summed E-state index contributed by atoms with van der Waals surface area (Å²) in [7, 11) is 3.76. The van der Waals surface area contributed by atoms with Crippen LogP contribution in [0.2, 0.25) is 0 Å². The molecule has 1 aromatic heterocycles. The average molecular weight is 432 g/mol. The van der Waals surface area contributed by atoms with Gasteiger partial charge < -0.3 is 21.7 Å². The van der Waals surface area contributed by atoms with Crippen LogP contribution in [-0.2, 0) is 11.2 Å². The van der Waals surface area contributed by atoms with Crippen LogP contribution in [-0.4, -0.2) is 32.8 Å². The van der Waals surface area contributed by atoms with Gasteiger partial charge in [-0.25, -0.2) is 5.43 Å². The van der Waals surface area contributed by atoms with Gasteiger partial charge in [0.05, 0.1) is 25.7 Å². The molecule has 0 spiro atoms. The molecule has 1 heterocycles. The number of nitrogens with zero attached hydrogens (tertiary/aromatic N) is 1.